The summed E-state index contributed by atoms with van der Waals surface area (Å²) in [6.07, 6.45) is 3.72. The van der Waals surface area contributed by atoms with Crippen LogP contribution in [0.15, 0.2) is 5.16 Å². The van der Waals surface area contributed by atoms with E-state index in [9.17, 15) is 19.2 Å². The summed E-state index contributed by atoms with van der Waals surface area (Å²) in [4.78, 5) is 51.4. The zero-order valence-electron chi connectivity index (χ0n) is 20.3. The summed E-state index contributed by atoms with van der Waals surface area (Å²) in [7, 11) is 4.16. The Labute approximate surface area is 195 Å². The maximum Gasteiger partial charge on any atom is 0.305 e. The van der Waals surface area contributed by atoms with Gasteiger partial charge in [0.1, 0.15) is 19.3 Å². The van der Waals surface area contributed by atoms with E-state index in [0.29, 0.717) is 44.9 Å². The normalized spacial score (nSPS) is 22.4. The topological polar surface area (TPSA) is 127 Å². The molecular formula is C23H37NO9. The van der Waals surface area contributed by atoms with E-state index in [1.165, 1.54) is 35.2 Å². The van der Waals surface area contributed by atoms with Gasteiger partial charge in [0.2, 0.25) is 0 Å². The molecule has 0 N–H and O–H groups in total. The first-order valence-corrected chi connectivity index (χ1v) is 11.3. The molecule has 1 aliphatic carbocycles. The zero-order chi connectivity index (χ0) is 24.8. The first-order valence-electron chi connectivity index (χ1n) is 11.3. The van der Waals surface area contributed by atoms with E-state index < -0.39 is 24.1 Å². The molecule has 10 nitrogen and oxygen atoms in total. The molecule has 10 heteroatoms. The minimum atomic E-state index is -0.454. The van der Waals surface area contributed by atoms with Crippen LogP contribution >= 0.6 is 0 Å². The van der Waals surface area contributed by atoms with Crippen molar-refractivity contribution in [1.29, 1.82) is 0 Å². The molecule has 0 radical (unpaired) electrons. The Kier molecular flexibility index (Phi) is 13.1. The Hall–Kier alpha value is -2.65. The largest absolute Gasteiger partial charge is 0.469 e. The fourth-order valence-electron chi connectivity index (χ4n) is 4.39. The molecule has 0 aromatic carbocycles. The number of hydrogen-bond acceptors (Lipinski definition) is 10. The molecule has 1 aliphatic rings. The van der Waals surface area contributed by atoms with Gasteiger partial charge in [-0.3, -0.25) is 19.2 Å². The van der Waals surface area contributed by atoms with Crippen molar-refractivity contribution < 1.29 is 43.0 Å². The number of oxime groups is 1. The smallest absolute Gasteiger partial charge is 0.305 e. The van der Waals surface area contributed by atoms with Crippen LogP contribution in [0.3, 0.4) is 0 Å². The molecule has 0 heterocycles. The molecule has 0 spiro atoms. The molecule has 188 valence electrons. The molecule has 0 aromatic rings. The van der Waals surface area contributed by atoms with Gasteiger partial charge in [-0.2, -0.15) is 0 Å². The summed E-state index contributed by atoms with van der Waals surface area (Å²) >= 11 is 0. The number of nitrogens with zero attached hydrogens (tertiary/aromatic N) is 1. The Morgan fingerprint density at radius 1 is 0.727 bits per heavy atom. The van der Waals surface area contributed by atoms with Crippen molar-refractivity contribution in [2.24, 2.45) is 17.0 Å². The number of rotatable bonds is 14. The van der Waals surface area contributed by atoms with Gasteiger partial charge in [0, 0.05) is 44.9 Å². The Morgan fingerprint density at radius 3 is 1.70 bits per heavy atom. The van der Waals surface area contributed by atoms with Gasteiger partial charge in [-0.1, -0.05) is 5.16 Å². The van der Waals surface area contributed by atoms with Crippen LogP contribution in [0, 0.1) is 11.8 Å². The highest BCUT2D eigenvalue weighted by Crippen LogP contribution is 2.42. The summed E-state index contributed by atoms with van der Waals surface area (Å²) in [6.45, 7) is 2.68. The monoisotopic (exact) mass is 471 g/mol. The standard InChI is InChI=1S/C23H37NO9/c1-15(25)32-20-14-21(33-16(2)26)19(12-13-23(28)30-4)18(20)11-10-17(24-31-5)8-6-7-9-22(27)29-3/h18-21H,6-14H2,1-5H3/b24-17+. The van der Waals surface area contributed by atoms with Gasteiger partial charge in [-0.25, -0.2) is 0 Å². The third-order valence-electron chi connectivity index (χ3n) is 5.82. The molecule has 33 heavy (non-hydrogen) atoms. The van der Waals surface area contributed by atoms with E-state index in [1.807, 2.05) is 0 Å². The number of esters is 4. The highest BCUT2D eigenvalue weighted by molar-refractivity contribution is 5.84. The van der Waals surface area contributed by atoms with Crippen LogP contribution in [0.25, 0.3) is 0 Å². The highest BCUT2D eigenvalue weighted by atomic mass is 16.6. The Balaban J connectivity index is 2.90. The van der Waals surface area contributed by atoms with Gasteiger partial charge in [-0.15, -0.1) is 0 Å². The molecule has 0 saturated heterocycles. The zero-order valence-corrected chi connectivity index (χ0v) is 20.3. The van der Waals surface area contributed by atoms with Crippen LogP contribution < -0.4 is 0 Å². The van der Waals surface area contributed by atoms with E-state index >= 15 is 0 Å². The van der Waals surface area contributed by atoms with E-state index in [2.05, 4.69) is 9.89 Å². The number of hydrogen-bond donors (Lipinski definition) is 0. The molecule has 0 aromatic heterocycles. The average molecular weight is 472 g/mol. The van der Waals surface area contributed by atoms with Gasteiger partial charge in [-0.05, 0) is 38.5 Å². The summed E-state index contributed by atoms with van der Waals surface area (Å²) in [5.74, 6) is -1.72. The Bertz CT molecular complexity index is 691. The van der Waals surface area contributed by atoms with Crippen molar-refractivity contribution in [3.05, 3.63) is 0 Å². The van der Waals surface area contributed by atoms with Gasteiger partial charge >= 0.3 is 23.9 Å². The van der Waals surface area contributed by atoms with E-state index in [4.69, 9.17) is 19.0 Å². The molecular weight excluding hydrogens is 434 g/mol. The lowest BCUT2D eigenvalue weighted by Gasteiger charge is -2.26. The summed E-state index contributed by atoms with van der Waals surface area (Å²) in [5, 5.41) is 4.12. The SMILES string of the molecule is CO/N=C(\CCCCC(=O)OC)CCC1C(OC(C)=O)CC(OC(C)=O)C1CCC(=O)OC. The van der Waals surface area contributed by atoms with E-state index in [0.717, 1.165) is 12.1 Å². The number of carbonyl (C=O) groups excluding carboxylic acids is 4. The fourth-order valence-corrected chi connectivity index (χ4v) is 4.39. The first-order chi connectivity index (χ1) is 15.7. The van der Waals surface area contributed by atoms with Crippen LogP contribution in [0.2, 0.25) is 0 Å². The second-order valence-electron chi connectivity index (χ2n) is 8.14. The molecule has 4 atom stereocenters. The van der Waals surface area contributed by atoms with E-state index in [1.54, 1.807) is 0 Å². The third kappa shape index (κ3) is 10.7. The van der Waals surface area contributed by atoms with Crippen LogP contribution in [0.1, 0.15) is 71.6 Å². The van der Waals surface area contributed by atoms with Gasteiger partial charge in [0.05, 0.1) is 19.9 Å². The molecule has 0 amide bonds. The fraction of sp³-hybridized carbons (Fsp3) is 0.783. The van der Waals surface area contributed by atoms with Gasteiger partial charge < -0.3 is 23.8 Å². The van der Waals surface area contributed by atoms with Crippen LogP contribution in [-0.4, -0.2) is 63.1 Å². The minimum Gasteiger partial charge on any atom is -0.469 e. The lowest BCUT2D eigenvalue weighted by Crippen LogP contribution is -2.28. The molecule has 1 saturated carbocycles. The second-order valence-corrected chi connectivity index (χ2v) is 8.14. The molecule has 4 unspecified atom stereocenters. The lowest BCUT2D eigenvalue weighted by atomic mass is 9.85. The Morgan fingerprint density at radius 2 is 1.21 bits per heavy atom. The van der Waals surface area contributed by atoms with Crippen LogP contribution in [-0.2, 0) is 43.0 Å². The number of carbonyl (C=O) groups is 4. The van der Waals surface area contributed by atoms with Crippen molar-refractivity contribution >= 4 is 29.6 Å². The predicted octanol–water partition coefficient (Wildman–Crippen LogP) is 2.96. The molecule has 1 rings (SSSR count). The minimum absolute atomic E-state index is 0.125. The highest BCUT2D eigenvalue weighted by Gasteiger charge is 2.46. The maximum absolute atomic E-state index is 11.7. The third-order valence-corrected chi connectivity index (χ3v) is 5.82. The van der Waals surface area contributed by atoms with Crippen molar-refractivity contribution in [3.63, 3.8) is 0 Å². The van der Waals surface area contributed by atoms with Crippen LogP contribution in [0.4, 0.5) is 0 Å². The number of ether oxygens (including phenoxy) is 4. The predicted molar refractivity (Wildman–Crippen MR) is 118 cm³/mol. The lowest BCUT2D eigenvalue weighted by molar-refractivity contribution is -0.149. The molecule has 1 fully saturated rings. The van der Waals surface area contributed by atoms with Gasteiger partial charge in [0.25, 0.3) is 0 Å². The van der Waals surface area contributed by atoms with Crippen molar-refractivity contribution in [2.45, 2.75) is 83.8 Å². The second kappa shape index (κ2) is 15.2. The van der Waals surface area contributed by atoms with Crippen molar-refractivity contribution in [2.75, 3.05) is 21.3 Å². The summed E-state index contributed by atoms with van der Waals surface area (Å²) in [6, 6.07) is 0. The van der Waals surface area contributed by atoms with Gasteiger partial charge in [0.15, 0.2) is 0 Å². The van der Waals surface area contributed by atoms with Crippen molar-refractivity contribution in [1.82, 2.24) is 0 Å². The first kappa shape index (κ1) is 28.4. The quantitative estimate of drug-likeness (QED) is 0.123. The van der Waals surface area contributed by atoms with E-state index in [-0.39, 0.29) is 30.2 Å². The average Bonchev–Trinajstić information content (AvgIpc) is 3.06. The van der Waals surface area contributed by atoms with Crippen LogP contribution in [0.5, 0.6) is 0 Å². The molecule has 0 aliphatic heterocycles. The van der Waals surface area contributed by atoms with Crippen molar-refractivity contribution in [3.8, 4) is 0 Å². The number of unbranched alkanes of at least 4 members (excludes halogenated alkanes) is 1. The summed E-state index contributed by atoms with van der Waals surface area (Å²) < 4.78 is 20.5. The maximum atomic E-state index is 11.7. The summed E-state index contributed by atoms with van der Waals surface area (Å²) in [5.41, 5.74) is 0.826. The number of methoxy groups -OCH3 is 2. The molecule has 0 bridgehead atoms.